The number of ether oxygens (including phenoxy) is 3. The van der Waals surface area contributed by atoms with E-state index in [9.17, 15) is 0 Å². The van der Waals surface area contributed by atoms with Gasteiger partial charge in [0, 0.05) is 19.0 Å². The van der Waals surface area contributed by atoms with Crippen LogP contribution in [0.2, 0.25) is 0 Å². The lowest BCUT2D eigenvalue weighted by atomic mass is 10.3. The second-order valence-electron chi connectivity index (χ2n) is 4.15. The monoisotopic (exact) mass is 271 g/mol. The maximum atomic E-state index is 5.74. The number of nitrogens with zero attached hydrogens (tertiary/aromatic N) is 1. The normalized spacial score (nSPS) is 20.0. The van der Waals surface area contributed by atoms with Gasteiger partial charge in [-0.1, -0.05) is 12.1 Å². The van der Waals surface area contributed by atoms with Gasteiger partial charge in [-0.15, -0.1) is 11.6 Å². The first-order valence-corrected chi connectivity index (χ1v) is 6.52. The van der Waals surface area contributed by atoms with Gasteiger partial charge in [-0.25, -0.2) is 0 Å². The van der Waals surface area contributed by atoms with Crippen molar-refractivity contribution in [2.45, 2.75) is 6.10 Å². The van der Waals surface area contributed by atoms with Crippen LogP contribution in [0.5, 0.6) is 11.5 Å². The van der Waals surface area contributed by atoms with Crippen molar-refractivity contribution < 1.29 is 14.2 Å². The lowest BCUT2D eigenvalue weighted by Gasteiger charge is -2.15. The Balaban J connectivity index is 1.75. The molecule has 5 heteroatoms. The van der Waals surface area contributed by atoms with Crippen molar-refractivity contribution in [2.75, 3.05) is 39.4 Å². The Labute approximate surface area is 112 Å². The molecule has 0 aromatic heterocycles. The van der Waals surface area contributed by atoms with Crippen LogP contribution in [0.1, 0.15) is 0 Å². The summed E-state index contributed by atoms with van der Waals surface area (Å²) < 4.78 is 16.4. The van der Waals surface area contributed by atoms with Gasteiger partial charge in [-0.05, 0) is 12.1 Å². The van der Waals surface area contributed by atoms with Crippen molar-refractivity contribution in [2.24, 2.45) is 0 Å². The molecular weight excluding hydrogens is 254 g/mol. The third-order valence-corrected chi connectivity index (χ3v) is 3.21. The SMILES string of the molecule is COc1ccccc1OCCN1COC(CCl)C1. The lowest BCUT2D eigenvalue weighted by Crippen LogP contribution is -2.27. The van der Waals surface area contributed by atoms with E-state index in [2.05, 4.69) is 4.90 Å². The summed E-state index contributed by atoms with van der Waals surface area (Å²) in [5, 5.41) is 0. The summed E-state index contributed by atoms with van der Waals surface area (Å²) in [5.74, 6) is 2.08. The summed E-state index contributed by atoms with van der Waals surface area (Å²) in [4.78, 5) is 2.18. The van der Waals surface area contributed by atoms with E-state index in [0.29, 0.717) is 19.2 Å². The fourth-order valence-electron chi connectivity index (χ4n) is 1.88. The number of hydrogen-bond acceptors (Lipinski definition) is 4. The summed E-state index contributed by atoms with van der Waals surface area (Å²) in [6.07, 6.45) is 0.151. The summed E-state index contributed by atoms with van der Waals surface area (Å²) >= 11 is 5.74. The Kier molecular flexibility index (Phi) is 5.11. The van der Waals surface area contributed by atoms with E-state index < -0.39 is 0 Å². The third-order valence-electron chi connectivity index (χ3n) is 2.86. The minimum atomic E-state index is 0.151. The highest BCUT2D eigenvalue weighted by Crippen LogP contribution is 2.25. The van der Waals surface area contributed by atoms with Crippen LogP contribution in [-0.4, -0.2) is 50.4 Å². The van der Waals surface area contributed by atoms with Crippen molar-refractivity contribution in [3.8, 4) is 11.5 Å². The molecule has 0 aliphatic carbocycles. The van der Waals surface area contributed by atoms with Crippen molar-refractivity contribution in [3.63, 3.8) is 0 Å². The molecule has 1 heterocycles. The van der Waals surface area contributed by atoms with Crippen LogP contribution in [0, 0.1) is 0 Å². The molecule has 1 saturated heterocycles. The number of hydrogen-bond donors (Lipinski definition) is 0. The molecule has 1 fully saturated rings. The highest BCUT2D eigenvalue weighted by atomic mass is 35.5. The summed E-state index contributed by atoms with van der Waals surface area (Å²) in [7, 11) is 1.64. The van der Waals surface area contributed by atoms with Gasteiger partial charge >= 0.3 is 0 Å². The number of halogens is 1. The smallest absolute Gasteiger partial charge is 0.161 e. The van der Waals surface area contributed by atoms with Gasteiger partial charge < -0.3 is 14.2 Å². The Morgan fingerprint density at radius 1 is 1.39 bits per heavy atom. The van der Waals surface area contributed by atoms with Crippen LogP contribution < -0.4 is 9.47 Å². The molecule has 1 atom stereocenters. The Hall–Kier alpha value is -0.970. The van der Waals surface area contributed by atoms with Crippen molar-refractivity contribution >= 4 is 11.6 Å². The first kappa shape index (κ1) is 13.5. The molecule has 1 aromatic carbocycles. The average Bonchev–Trinajstić information content (AvgIpc) is 2.87. The van der Waals surface area contributed by atoms with Gasteiger partial charge in [0.25, 0.3) is 0 Å². The number of benzene rings is 1. The highest BCUT2D eigenvalue weighted by Gasteiger charge is 2.21. The summed E-state index contributed by atoms with van der Waals surface area (Å²) in [6.45, 7) is 2.94. The molecule has 100 valence electrons. The van der Waals surface area contributed by atoms with Gasteiger partial charge in [0.1, 0.15) is 6.61 Å². The number of alkyl halides is 1. The van der Waals surface area contributed by atoms with Crippen molar-refractivity contribution in [1.82, 2.24) is 4.90 Å². The van der Waals surface area contributed by atoms with E-state index in [-0.39, 0.29) is 6.10 Å². The van der Waals surface area contributed by atoms with Crippen LogP contribution in [0.4, 0.5) is 0 Å². The Morgan fingerprint density at radius 3 is 2.83 bits per heavy atom. The molecule has 1 unspecified atom stereocenters. The van der Waals surface area contributed by atoms with Gasteiger partial charge in [-0.3, -0.25) is 4.90 Å². The maximum Gasteiger partial charge on any atom is 0.161 e. The zero-order valence-corrected chi connectivity index (χ0v) is 11.2. The predicted octanol–water partition coefficient (Wildman–Crippen LogP) is 1.97. The number of para-hydroxylation sites is 2. The van der Waals surface area contributed by atoms with Crippen molar-refractivity contribution in [3.05, 3.63) is 24.3 Å². The zero-order chi connectivity index (χ0) is 12.8. The van der Waals surface area contributed by atoms with Gasteiger partial charge in [0.05, 0.1) is 19.9 Å². The molecule has 4 nitrogen and oxygen atoms in total. The Bertz CT molecular complexity index is 375. The zero-order valence-electron chi connectivity index (χ0n) is 10.5. The molecule has 0 bridgehead atoms. The maximum absolute atomic E-state index is 5.74. The fourth-order valence-corrected chi connectivity index (χ4v) is 2.06. The standard InChI is InChI=1S/C13H18ClNO3/c1-16-12-4-2-3-5-13(12)17-7-6-15-9-11(8-14)18-10-15/h2-5,11H,6-10H2,1H3. The van der Waals surface area contributed by atoms with E-state index in [1.54, 1.807) is 7.11 Å². The van der Waals surface area contributed by atoms with Crippen LogP contribution in [0.3, 0.4) is 0 Å². The molecule has 1 aromatic rings. The van der Waals surface area contributed by atoms with Crippen LogP contribution in [0.25, 0.3) is 0 Å². The third kappa shape index (κ3) is 3.51. The molecule has 0 saturated carbocycles. The van der Waals surface area contributed by atoms with Gasteiger partial charge in [0.15, 0.2) is 11.5 Å². The van der Waals surface area contributed by atoms with Gasteiger partial charge in [-0.2, -0.15) is 0 Å². The highest BCUT2D eigenvalue weighted by molar-refractivity contribution is 6.18. The second-order valence-corrected chi connectivity index (χ2v) is 4.46. The molecule has 0 N–H and O–H groups in total. The van der Waals surface area contributed by atoms with Crippen LogP contribution >= 0.6 is 11.6 Å². The molecule has 2 rings (SSSR count). The van der Waals surface area contributed by atoms with E-state index in [1.165, 1.54) is 0 Å². The summed E-state index contributed by atoms with van der Waals surface area (Å²) in [5.41, 5.74) is 0. The van der Waals surface area contributed by atoms with Gasteiger partial charge in [0.2, 0.25) is 0 Å². The van der Waals surface area contributed by atoms with E-state index in [1.807, 2.05) is 24.3 Å². The predicted molar refractivity (Wildman–Crippen MR) is 70.5 cm³/mol. The van der Waals surface area contributed by atoms with E-state index in [4.69, 9.17) is 25.8 Å². The largest absolute Gasteiger partial charge is 0.493 e. The summed E-state index contributed by atoms with van der Waals surface area (Å²) in [6, 6.07) is 7.64. The van der Waals surface area contributed by atoms with E-state index in [0.717, 1.165) is 24.6 Å². The van der Waals surface area contributed by atoms with Crippen LogP contribution in [0.15, 0.2) is 24.3 Å². The van der Waals surface area contributed by atoms with Crippen molar-refractivity contribution in [1.29, 1.82) is 0 Å². The van der Waals surface area contributed by atoms with Crippen LogP contribution in [-0.2, 0) is 4.74 Å². The lowest BCUT2D eigenvalue weighted by molar-refractivity contribution is 0.0953. The molecular formula is C13H18ClNO3. The minimum absolute atomic E-state index is 0.151. The molecule has 1 aliphatic heterocycles. The molecule has 18 heavy (non-hydrogen) atoms. The molecule has 1 aliphatic rings. The number of methoxy groups -OCH3 is 1. The molecule has 0 radical (unpaired) electrons. The Morgan fingerprint density at radius 2 is 2.17 bits per heavy atom. The molecule has 0 spiro atoms. The minimum Gasteiger partial charge on any atom is -0.493 e. The molecule has 0 amide bonds. The first-order valence-electron chi connectivity index (χ1n) is 5.99. The second kappa shape index (κ2) is 6.83. The van der Waals surface area contributed by atoms with E-state index >= 15 is 0 Å². The topological polar surface area (TPSA) is 30.9 Å². The average molecular weight is 272 g/mol. The quantitative estimate of drug-likeness (QED) is 0.741. The number of rotatable bonds is 6. The first-order chi connectivity index (χ1) is 8.83. The fraction of sp³-hybridized carbons (Fsp3) is 0.538.